The fraction of sp³-hybridized carbons (Fsp3) is 0. The van der Waals surface area contributed by atoms with Gasteiger partial charge in [0.25, 0.3) is 0 Å². The molecule has 0 amide bonds. The summed E-state index contributed by atoms with van der Waals surface area (Å²) in [5.41, 5.74) is 16.5. The molecule has 11 rings (SSSR count). The Labute approximate surface area is 350 Å². The van der Waals surface area contributed by atoms with E-state index in [0.717, 1.165) is 22.7 Å². The van der Waals surface area contributed by atoms with Crippen LogP contribution in [0.3, 0.4) is 0 Å². The summed E-state index contributed by atoms with van der Waals surface area (Å²) in [6.45, 7) is 0. The molecule has 0 spiro atoms. The van der Waals surface area contributed by atoms with Gasteiger partial charge in [0.2, 0.25) is 0 Å². The Bertz CT molecular complexity index is 3290. The molecule has 0 aliphatic carbocycles. The zero-order valence-electron chi connectivity index (χ0n) is 33.0. The van der Waals surface area contributed by atoms with Gasteiger partial charge in [-0.1, -0.05) is 182 Å². The van der Waals surface area contributed by atoms with Crippen LogP contribution in [0.15, 0.2) is 243 Å². The molecule has 0 atom stereocenters. The minimum atomic E-state index is 1.09. The lowest BCUT2D eigenvalue weighted by molar-refractivity contribution is 1.18. The van der Waals surface area contributed by atoms with E-state index in [-0.39, 0.29) is 0 Å². The lowest BCUT2D eigenvalue weighted by atomic mass is 9.91. The highest BCUT2D eigenvalue weighted by Crippen LogP contribution is 2.44. The molecule has 1 heterocycles. The summed E-state index contributed by atoms with van der Waals surface area (Å²) in [6.07, 6.45) is 0. The van der Waals surface area contributed by atoms with Gasteiger partial charge in [0, 0.05) is 33.2 Å². The van der Waals surface area contributed by atoms with Gasteiger partial charge in [0.15, 0.2) is 0 Å². The molecular weight excluding hydrogens is 725 g/mol. The topological polar surface area (TPSA) is 8.17 Å². The lowest BCUT2D eigenvalue weighted by Gasteiger charge is -2.27. The Kier molecular flexibility index (Phi) is 8.87. The van der Waals surface area contributed by atoms with Crippen molar-refractivity contribution in [2.45, 2.75) is 0 Å². The summed E-state index contributed by atoms with van der Waals surface area (Å²) < 4.78 is 2.39. The third kappa shape index (κ3) is 6.23. The standard InChI is InChI=1S/C58H40N2/c1-4-17-42(18-5-1)50-38-35-45(40-54(50)44-19-6-2-7-20-44)41-33-36-48(37-34-41)59(55-31-15-22-43-21-10-11-27-51(43)55)49-26-14-23-46(39-49)52-29-16-32-57-58(52)53-28-12-13-30-56(53)60(57)47-24-8-3-9-25-47/h1-40H. The van der Waals surface area contributed by atoms with E-state index in [2.05, 4.69) is 252 Å². The van der Waals surface area contributed by atoms with E-state index in [0.29, 0.717) is 0 Å². The van der Waals surface area contributed by atoms with Crippen LogP contribution >= 0.6 is 0 Å². The molecule has 0 N–H and O–H groups in total. The number of benzene rings is 10. The predicted molar refractivity (Wildman–Crippen MR) is 255 cm³/mol. The van der Waals surface area contributed by atoms with Gasteiger partial charge in [-0.2, -0.15) is 0 Å². The minimum Gasteiger partial charge on any atom is -0.310 e. The van der Waals surface area contributed by atoms with E-state index in [1.54, 1.807) is 0 Å². The van der Waals surface area contributed by atoms with Gasteiger partial charge < -0.3 is 9.47 Å². The number of nitrogens with zero attached hydrogens (tertiary/aromatic N) is 2. The van der Waals surface area contributed by atoms with Crippen molar-refractivity contribution in [2.75, 3.05) is 4.90 Å². The first-order chi connectivity index (χ1) is 29.8. The average Bonchev–Trinajstić information content (AvgIpc) is 3.67. The molecule has 0 saturated heterocycles. The van der Waals surface area contributed by atoms with Crippen LogP contribution in [0.2, 0.25) is 0 Å². The molecule has 282 valence electrons. The van der Waals surface area contributed by atoms with Gasteiger partial charge in [-0.15, -0.1) is 0 Å². The fourth-order valence-corrected chi connectivity index (χ4v) is 9.01. The SMILES string of the molecule is c1ccc(-c2ccc(-c3ccc(N(c4cccc(-c5cccc6c5c5ccccc5n6-c5ccccc5)c4)c4cccc5ccccc45)cc3)cc2-c2ccccc2)cc1. The summed E-state index contributed by atoms with van der Waals surface area (Å²) in [5.74, 6) is 0. The quantitative estimate of drug-likeness (QED) is 0.150. The van der Waals surface area contributed by atoms with Gasteiger partial charge in [-0.25, -0.2) is 0 Å². The second-order valence-corrected chi connectivity index (χ2v) is 15.3. The maximum absolute atomic E-state index is 2.41. The number of hydrogen-bond donors (Lipinski definition) is 0. The number of fused-ring (bicyclic) bond motifs is 4. The first-order valence-electron chi connectivity index (χ1n) is 20.6. The molecule has 1 aromatic heterocycles. The van der Waals surface area contributed by atoms with E-state index in [4.69, 9.17) is 0 Å². The van der Waals surface area contributed by atoms with Crippen molar-refractivity contribution in [2.24, 2.45) is 0 Å². The average molecular weight is 765 g/mol. The van der Waals surface area contributed by atoms with Crippen LogP contribution in [-0.4, -0.2) is 4.57 Å². The second kappa shape index (κ2) is 15.1. The summed E-state index contributed by atoms with van der Waals surface area (Å²) in [5, 5.41) is 4.90. The number of anilines is 3. The van der Waals surface area contributed by atoms with Crippen molar-refractivity contribution in [3.05, 3.63) is 243 Å². The van der Waals surface area contributed by atoms with Crippen LogP contribution in [0.4, 0.5) is 17.1 Å². The Morgan fingerprint density at radius 1 is 0.300 bits per heavy atom. The molecule has 0 saturated carbocycles. The van der Waals surface area contributed by atoms with Crippen molar-refractivity contribution >= 4 is 49.6 Å². The highest BCUT2D eigenvalue weighted by Gasteiger charge is 2.20. The molecule has 0 aliphatic heterocycles. The highest BCUT2D eigenvalue weighted by atomic mass is 15.1. The minimum absolute atomic E-state index is 1.09. The molecule has 0 fully saturated rings. The largest absolute Gasteiger partial charge is 0.310 e. The fourth-order valence-electron chi connectivity index (χ4n) is 9.01. The van der Waals surface area contributed by atoms with E-state index < -0.39 is 0 Å². The van der Waals surface area contributed by atoms with Crippen LogP contribution in [0.25, 0.3) is 82.8 Å². The first kappa shape index (κ1) is 35.2. The molecule has 0 unspecified atom stereocenters. The van der Waals surface area contributed by atoms with E-state index in [1.807, 2.05) is 0 Å². The molecule has 10 aromatic carbocycles. The molecule has 2 heteroatoms. The van der Waals surface area contributed by atoms with Crippen LogP contribution in [0, 0.1) is 0 Å². The van der Waals surface area contributed by atoms with Crippen LogP contribution in [-0.2, 0) is 0 Å². The van der Waals surface area contributed by atoms with Gasteiger partial charge >= 0.3 is 0 Å². The van der Waals surface area contributed by atoms with Crippen LogP contribution < -0.4 is 4.90 Å². The lowest BCUT2D eigenvalue weighted by Crippen LogP contribution is -2.10. The van der Waals surface area contributed by atoms with Crippen molar-refractivity contribution in [1.29, 1.82) is 0 Å². The zero-order valence-corrected chi connectivity index (χ0v) is 33.0. The van der Waals surface area contributed by atoms with E-state index in [1.165, 1.54) is 77.1 Å². The molecule has 0 bridgehead atoms. The number of rotatable bonds is 8. The van der Waals surface area contributed by atoms with Gasteiger partial charge in [-0.05, 0) is 111 Å². The van der Waals surface area contributed by atoms with Crippen molar-refractivity contribution < 1.29 is 0 Å². The summed E-state index contributed by atoms with van der Waals surface area (Å²) in [7, 11) is 0. The Morgan fingerprint density at radius 2 is 0.883 bits per heavy atom. The molecule has 60 heavy (non-hydrogen) atoms. The van der Waals surface area contributed by atoms with E-state index >= 15 is 0 Å². The summed E-state index contributed by atoms with van der Waals surface area (Å²) >= 11 is 0. The van der Waals surface area contributed by atoms with Crippen molar-refractivity contribution in [1.82, 2.24) is 4.57 Å². The normalized spacial score (nSPS) is 11.3. The van der Waals surface area contributed by atoms with Gasteiger partial charge in [0.05, 0.1) is 16.7 Å². The number of aromatic nitrogens is 1. The Hall–Kier alpha value is -7.94. The monoisotopic (exact) mass is 764 g/mol. The summed E-state index contributed by atoms with van der Waals surface area (Å²) in [4.78, 5) is 2.41. The van der Waals surface area contributed by atoms with Gasteiger partial charge in [-0.3, -0.25) is 0 Å². The van der Waals surface area contributed by atoms with E-state index in [9.17, 15) is 0 Å². The third-order valence-corrected chi connectivity index (χ3v) is 11.8. The van der Waals surface area contributed by atoms with Crippen LogP contribution in [0.5, 0.6) is 0 Å². The summed E-state index contributed by atoms with van der Waals surface area (Å²) in [6, 6.07) is 87.8. The van der Waals surface area contributed by atoms with Crippen LogP contribution in [0.1, 0.15) is 0 Å². The Morgan fingerprint density at radius 3 is 1.67 bits per heavy atom. The number of hydrogen-bond acceptors (Lipinski definition) is 1. The maximum atomic E-state index is 2.41. The van der Waals surface area contributed by atoms with Gasteiger partial charge in [0.1, 0.15) is 0 Å². The predicted octanol–water partition coefficient (Wildman–Crippen LogP) is 16.1. The molecular formula is C58H40N2. The molecule has 0 aliphatic rings. The third-order valence-electron chi connectivity index (χ3n) is 11.8. The zero-order chi connectivity index (χ0) is 39.8. The maximum Gasteiger partial charge on any atom is 0.0547 e. The van der Waals surface area contributed by atoms with Crippen molar-refractivity contribution in [3.8, 4) is 50.2 Å². The molecule has 2 nitrogen and oxygen atoms in total. The molecule has 0 radical (unpaired) electrons. The highest BCUT2D eigenvalue weighted by molar-refractivity contribution is 6.16. The molecule has 11 aromatic rings. The number of para-hydroxylation sites is 2. The Balaban J connectivity index is 1.05. The van der Waals surface area contributed by atoms with Crippen molar-refractivity contribution in [3.63, 3.8) is 0 Å². The smallest absolute Gasteiger partial charge is 0.0547 e. The second-order valence-electron chi connectivity index (χ2n) is 15.3. The first-order valence-corrected chi connectivity index (χ1v) is 20.6.